The van der Waals surface area contributed by atoms with Gasteiger partial charge in [-0.2, -0.15) is 0 Å². The molecular formula is C18H27N5O. The number of rotatable bonds is 6. The maximum Gasteiger partial charge on any atom is 0.179 e. The molecule has 24 heavy (non-hydrogen) atoms. The molecule has 1 saturated carbocycles. The van der Waals surface area contributed by atoms with Crippen LogP contribution < -0.4 is 10.6 Å². The first-order chi connectivity index (χ1) is 11.2. The molecule has 0 aromatic carbocycles. The molecule has 1 aliphatic rings. The molecule has 0 radical (unpaired) electrons. The van der Waals surface area contributed by atoms with Crippen LogP contribution in [-0.2, 0) is 0 Å². The number of hydrogen-bond acceptors (Lipinski definition) is 6. The highest BCUT2D eigenvalue weighted by molar-refractivity contribution is 5.95. The lowest BCUT2D eigenvalue weighted by atomic mass is 10.0. The van der Waals surface area contributed by atoms with Crippen LogP contribution in [0.4, 0.5) is 5.82 Å². The number of ketones is 1. The van der Waals surface area contributed by atoms with Gasteiger partial charge in [0.05, 0.1) is 12.4 Å². The highest BCUT2D eigenvalue weighted by Crippen LogP contribution is 2.26. The molecule has 6 heteroatoms. The molecule has 130 valence electrons. The Kier molecular flexibility index (Phi) is 5.70. The van der Waals surface area contributed by atoms with Crippen LogP contribution in [0.3, 0.4) is 0 Å². The van der Waals surface area contributed by atoms with Crippen molar-refractivity contribution < 1.29 is 4.79 Å². The van der Waals surface area contributed by atoms with Gasteiger partial charge in [-0.15, -0.1) is 0 Å². The van der Waals surface area contributed by atoms with Gasteiger partial charge in [-0.25, -0.2) is 9.97 Å². The summed E-state index contributed by atoms with van der Waals surface area (Å²) >= 11 is 0. The van der Waals surface area contributed by atoms with Crippen molar-refractivity contribution in [1.29, 1.82) is 5.41 Å². The topological polar surface area (TPSA) is 90.8 Å². The fourth-order valence-corrected chi connectivity index (χ4v) is 2.73. The Labute approximate surface area is 143 Å². The number of hydrogen-bond donors (Lipinski definition) is 3. The van der Waals surface area contributed by atoms with E-state index in [4.69, 9.17) is 5.41 Å². The summed E-state index contributed by atoms with van der Waals surface area (Å²) < 4.78 is 0. The summed E-state index contributed by atoms with van der Waals surface area (Å²) in [5, 5.41) is 14.9. The summed E-state index contributed by atoms with van der Waals surface area (Å²) in [6, 6.07) is 0. The highest BCUT2D eigenvalue weighted by Gasteiger charge is 2.20. The molecule has 0 aliphatic heterocycles. The third-order valence-corrected chi connectivity index (χ3v) is 3.88. The average molecular weight is 329 g/mol. The quantitative estimate of drug-likeness (QED) is 0.548. The minimum atomic E-state index is -0.151. The summed E-state index contributed by atoms with van der Waals surface area (Å²) in [6.45, 7) is 7.65. The molecule has 0 unspecified atom stereocenters. The molecule has 1 aliphatic carbocycles. The molecule has 1 heterocycles. The van der Waals surface area contributed by atoms with Crippen molar-refractivity contribution in [2.45, 2.75) is 58.9 Å². The van der Waals surface area contributed by atoms with Gasteiger partial charge in [-0.3, -0.25) is 4.79 Å². The second-order valence-electron chi connectivity index (χ2n) is 7.34. The van der Waals surface area contributed by atoms with E-state index in [-0.39, 0.29) is 11.3 Å². The second kappa shape index (κ2) is 7.55. The van der Waals surface area contributed by atoms with Crippen LogP contribution in [0.1, 0.15) is 63.9 Å². The average Bonchev–Trinajstić information content (AvgIpc) is 3.00. The van der Waals surface area contributed by atoms with Crippen molar-refractivity contribution in [1.82, 2.24) is 15.3 Å². The third-order valence-electron chi connectivity index (χ3n) is 3.88. The number of allylic oxidation sites excluding steroid dienone is 1. The summed E-state index contributed by atoms with van der Waals surface area (Å²) in [4.78, 5) is 19.6. The van der Waals surface area contributed by atoms with Gasteiger partial charge >= 0.3 is 0 Å². The molecule has 0 bridgehead atoms. The largest absolute Gasteiger partial charge is 0.367 e. The lowest BCUT2D eigenvalue weighted by Crippen LogP contribution is -2.38. The van der Waals surface area contributed by atoms with Crippen LogP contribution >= 0.6 is 0 Å². The first-order valence-electron chi connectivity index (χ1n) is 8.43. The van der Waals surface area contributed by atoms with Gasteiger partial charge < -0.3 is 16.0 Å². The Morgan fingerprint density at radius 3 is 2.42 bits per heavy atom. The lowest BCUT2D eigenvalue weighted by Gasteiger charge is -2.25. The van der Waals surface area contributed by atoms with Crippen molar-refractivity contribution in [3.05, 3.63) is 30.0 Å². The zero-order valence-corrected chi connectivity index (χ0v) is 14.9. The fraction of sp³-hybridized carbons (Fsp3) is 0.556. The zero-order valence-electron chi connectivity index (χ0n) is 14.9. The van der Waals surface area contributed by atoms with Crippen LogP contribution in [0.2, 0.25) is 0 Å². The van der Waals surface area contributed by atoms with Gasteiger partial charge in [0, 0.05) is 24.1 Å². The number of anilines is 1. The maximum atomic E-state index is 11.3. The molecule has 3 N–H and O–H groups in total. The molecule has 1 aromatic heterocycles. The lowest BCUT2D eigenvalue weighted by molar-refractivity contribution is 0.101. The van der Waals surface area contributed by atoms with Crippen LogP contribution in [0, 0.1) is 11.3 Å². The van der Waals surface area contributed by atoms with E-state index in [1.54, 1.807) is 0 Å². The smallest absolute Gasteiger partial charge is 0.179 e. The van der Waals surface area contributed by atoms with Crippen molar-refractivity contribution in [2.24, 2.45) is 5.92 Å². The Morgan fingerprint density at radius 1 is 1.25 bits per heavy atom. The van der Waals surface area contributed by atoms with Gasteiger partial charge in [0.2, 0.25) is 0 Å². The Balaban J connectivity index is 2.15. The number of Topliss-reactive ketones (excluding diaryl/α,β-unsaturated/α-hetero) is 1. The van der Waals surface area contributed by atoms with Crippen LogP contribution in [0.5, 0.6) is 0 Å². The Morgan fingerprint density at radius 2 is 1.92 bits per heavy atom. The number of nitrogens with zero attached hydrogens (tertiary/aromatic N) is 2. The van der Waals surface area contributed by atoms with Crippen LogP contribution in [0.15, 0.2) is 24.3 Å². The summed E-state index contributed by atoms with van der Waals surface area (Å²) in [7, 11) is 0. The van der Waals surface area contributed by atoms with Crippen molar-refractivity contribution in [3.8, 4) is 0 Å². The normalized spacial score (nSPS) is 16.1. The van der Waals surface area contributed by atoms with Crippen LogP contribution in [0.25, 0.3) is 0 Å². The Bertz CT molecular complexity index is 622. The van der Waals surface area contributed by atoms with E-state index in [0.29, 0.717) is 23.1 Å². The van der Waals surface area contributed by atoms with Gasteiger partial charge in [0.15, 0.2) is 5.78 Å². The minimum absolute atomic E-state index is 0.111. The predicted molar refractivity (Wildman–Crippen MR) is 96.3 cm³/mol. The van der Waals surface area contributed by atoms with Gasteiger partial charge in [0.25, 0.3) is 0 Å². The molecular weight excluding hydrogens is 302 g/mol. The van der Waals surface area contributed by atoms with Gasteiger partial charge in [-0.1, -0.05) is 12.8 Å². The zero-order chi connectivity index (χ0) is 17.7. The minimum Gasteiger partial charge on any atom is -0.367 e. The van der Waals surface area contributed by atoms with Gasteiger partial charge in [0.1, 0.15) is 17.3 Å². The SMILES string of the molecule is CC(=O)c1cnc(N/C(=C/C(=N)C2CCCC2)NC(C)(C)C)cn1. The van der Waals surface area contributed by atoms with E-state index < -0.39 is 0 Å². The summed E-state index contributed by atoms with van der Waals surface area (Å²) in [5.74, 6) is 1.50. The van der Waals surface area contributed by atoms with Crippen molar-refractivity contribution >= 4 is 17.3 Å². The fourth-order valence-electron chi connectivity index (χ4n) is 2.73. The van der Waals surface area contributed by atoms with Gasteiger partial charge in [-0.05, 0) is 39.7 Å². The molecule has 1 aromatic rings. The highest BCUT2D eigenvalue weighted by atomic mass is 16.1. The van der Waals surface area contributed by atoms with E-state index >= 15 is 0 Å². The van der Waals surface area contributed by atoms with E-state index in [2.05, 4.69) is 41.4 Å². The number of aromatic nitrogens is 2. The first-order valence-corrected chi connectivity index (χ1v) is 8.43. The summed E-state index contributed by atoms with van der Waals surface area (Å²) in [5.41, 5.74) is 0.829. The van der Waals surface area contributed by atoms with E-state index in [0.717, 1.165) is 18.7 Å². The first kappa shape index (κ1) is 18.1. The molecule has 0 atom stereocenters. The molecule has 0 amide bonds. The van der Waals surface area contributed by atoms with Crippen molar-refractivity contribution in [2.75, 3.05) is 5.32 Å². The van der Waals surface area contributed by atoms with E-state index in [1.165, 1.54) is 32.2 Å². The Hall–Kier alpha value is -2.24. The number of nitrogens with one attached hydrogen (secondary N) is 3. The number of carbonyl (C=O) groups is 1. The van der Waals surface area contributed by atoms with Crippen molar-refractivity contribution in [3.63, 3.8) is 0 Å². The molecule has 0 saturated heterocycles. The molecule has 2 rings (SSSR count). The number of carbonyl (C=O) groups excluding carboxylic acids is 1. The predicted octanol–water partition coefficient (Wildman–Crippen LogP) is 3.53. The second-order valence-corrected chi connectivity index (χ2v) is 7.34. The van der Waals surface area contributed by atoms with E-state index in [1.807, 2.05) is 6.08 Å². The maximum absolute atomic E-state index is 11.3. The van der Waals surface area contributed by atoms with E-state index in [9.17, 15) is 4.79 Å². The van der Waals surface area contributed by atoms with Crippen LogP contribution in [-0.4, -0.2) is 27.0 Å². The monoisotopic (exact) mass is 329 g/mol. The third kappa shape index (κ3) is 5.44. The standard InChI is InChI=1S/C18H27N5O/c1-12(24)15-10-21-17(11-20-15)22-16(23-18(2,3)4)9-14(19)13-7-5-6-8-13/h9-11,13,19,23H,5-8H2,1-4H3,(H,21,22)/b16-9-,19-14?. The molecule has 1 fully saturated rings. The molecule has 0 spiro atoms. The molecule has 6 nitrogen and oxygen atoms in total. The summed E-state index contributed by atoms with van der Waals surface area (Å²) in [6.07, 6.45) is 9.43.